The zero-order valence-corrected chi connectivity index (χ0v) is 26.6. The van der Waals surface area contributed by atoms with Gasteiger partial charge in [0, 0.05) is 50.0 Å². The van der Waals surface area contributed by atoms with Crippen molar-refractivity contribution in [3.8, 4) is 11.5 Å². The van der Waals surface area contributed by atoms with Gasteiger partial charge in [-0.2, -0.15) is 8.42 Å². The molecule has 7 rings (SSSR count). The maximum atomic E-state index is 14.1. The molecule has 0 radical (unpaired) electrons. The number of hydrogen-bond donors (Lipinski definition) is 3. The quantitative estimate of drug-likeness (QED) is 0.306. The van der Waals surface area contributed by atoms with Crippen LogP contribution in [-0.2, 0) is 25.5 Å². The van der Waals surface area contributed by atoms with Gasteiger partial charge in [-0.1, -0.05) is 6.07 Å². The van der Waals surface area contributed by atoms with Crippen molar-refractivity contribution in [2.45, 2.75) is 31.0 Å². The lowest BCUT2D eigenvalue weighted by molar-refractivity contribution is -0.119. The summed E-state index contributed by atoms with van der Waals surface area (Å²) in [6.45, 7) is 1.55. The molecule has 4 aliphatic heterocycles. The summed E-state index contributed by atoms with van der Waals surface area (Å²) in [5.41, 5.74) is 1.35. The van der Waals surface area contributed by atoms with Gasteiger partial charge < -0.3 is 29.9 Å². The van der Waals surface area contributed by atoms with Crippen LogP contribution in [0.25, 0.3) is 10.9 Å². The van der Waals surface area contributed by atoms with Crippen molar-refractivity contribution in [1.82, 2.24) is 14.8 Å². The lowest BCUT2D eigenvalue weighted by atomic mass is 9.97. The zero-order valence-electron chi connectivity index (χ0n) is 25.8. The van der Waals surface area contributed by atoms with Gasteiger partial charge in [0.2, 0.25) is 5.91 Å². The van der Waals surface area contributed by atoms with E-state index in [4.69, 9.17) is 14.6 Å². The summed E-state index contributed by atoms with van der Waals surface area (Å²) in [6.07, 6.45) is -1.02. The molecule has 2 amide bonds. The molecule has 0 unspecified atom stereocenters. The fraction of sp³-hybridized carbons (Fsp3) is 0.452. The highest BCUT2D eigenvalue weighted by molar-refractivity contribution is 7.86. The maximum Gasteiger partial charge on any atom is 0.404 e. The van der Waals surface area contributed by atoms with E-state index < -0.39 is 40.0 Å². The second kappa shape index (κ2) is 13.3. The number of anilines is 1. The van der Waals surface area contributed by atoms with Crippen molar-refractivity contribution in [1.29, 1.82) is 0 Å². The molecule has 4 aliphatic rings. The molecular weight excluding hydrogens is 658 g/mol. The molecule has 14 nitrogen and oxygen atoms in total. The summed E-state index contributed by atoms with van der Waals surface area (Å²) in [7, 11) is -2.69. The summed E-state index contributed by atoms with van der Waals surface area (Å²) >= 11 is 0. The fourth-order valence-corrected chi connectivity index (χ4v) is 7.59. The minimum Gasteiger partial charge on any atom is -0.486 e. The number of pyridine rings is 1. The monoisotopic (exact) mass is 692 g/mol. The number of aryl methyl sites for hydroxylation is 1. The number of aliphatic hydroxyl groups is 1. The van der Waals surface area contributed by atoms with Gasteiger partial charge in [0.25, 0.3) is 15.7 Å². The van der Waals surface area contributed by atoms with Gasteiger partial charge in [-0.25, -0.2) is 13.6 Å². The number of nitrogens with one attached hydrogen (secondary N) is 1. The first-order valence-corrected chi connectivity index (χ1v) is 16.8. The van der Waals surface area contributed by atoms with Crippen molar-refractivity contribution in [3.63, 3.8) is 0 Å². The largest absolute Gasteiger partial charge is 0.486 e. The van der Waals surface area contributed by atoms with E-state index >= 15 is 0 Å². The van der Waals surface area contributed by atoms with Gasteiger partial charge in [0.15, 0.2) is 23.1 Å². The first-order chi connectivity index (χ1) is 22.9. The summed E-state index contributed by atoms with van der Waals surface area (Å²) in [6, 6.07) is 7.91. The van der Waals surface area contributed by atoms with E-state index in [1.165, 1.54) is 23.1 Å². The van der Waals surface area contributed by atoms with Gasteiger partial charge in [0.1, 0.15) is 13.2 Å². The van der Waals surface area contributed by atoms with Crippen LogP contribution in [0.3, 0.4) is 0 Å². The van der Waals surface area contributed by atoms with Crippen molar-refractivity contribution < 1.29 is 50.7 Å². The fourth-order valence-electron chi connectivity index (χ4n) is 6.74. The lowest BCUT2D eigenvalue weighted by Crippen LogP contribution is -2.52. The predicted molar refractivity (Wildman–Crippen MR) is 167 cm³/mol. The van der Waals surface area contributed by atoms with Gasteiger partial charge in [-0.3, -0.25) is 23.2 Å². The number of carbonyl (C=O) groups is 2. The predicted octanol–water partition coefficient (Wildman–Crippen LogP) is 1.48. The van der Waals surface area contributed by atoms with Crippen LogP contribution in [0.4, 0.5) is 19.3 Å². The first kappa shape index (κ1) is 33.6. The topological polar surface area (TPSA) is 177 Å². The smallest absolute Gasteiger partial charge is 0.404 e. The number of β-amino-alcohol motifs (C(OH)–C–C–N with tert-alkyl or cyclic N) is 1. The molecule has 17 heteroatoms. The molecule has 0 bridgehead atoms. The number of hydrogen-bond acceptors (Lipinski definition) is 10. The third-order valence-corrected chi connectivity index (χ3v) is 10.3. The van der Waals surface area contributed by atoms with Crippen molar-refractivity contribution in [3.05, 3.63) is 63.9 Å². The third kappa shape index (κ3) is 6.54. The Balaban J connectivity index is 0.000000173. The Kier molecular flexibility index (Phi) is 9.30. The summed E-state index contributed by atoms with van der Waals surface area (Å²) in [4.78, 5) is 38.7. The molecule has 0 saturated carbocycles. The van der Waals surface area contributed by atoms with Crippen LogP contribution < -0.4 is 25.2 Å². The maximum absolute atomic E-state index is 14.1. The molecule has 4 atom stereocenters. The van der Waals surface area contributed by atoms with E-state index in [0.29, 0.717) is 37.3 Å². The van der Waals surface area contributed by atoms with Gasteiger partial charge >= 0.3 is 6.09 Å². The molecule has 1 aromatic heterocycles. The van der Waals surface area contributed by atoms with Crippen LogP contribution >= 0.6 is 0 Å². The van der Waals surface area contributed by atoms with Crippen LogP contribution in [0.15, 0.2) is 41.2 Å². The molecule has 3 N–H and O–H groups in total. The number of aromatic nitrogens is 1. The Morgan fingerprint density at radius 2 is 1.69 bits per heavy atom. The number of halogens is 2. The molecule has 258 valence electrons. The Labute approximate surface area is 273 Å². The first-order valence-electron chi connectivity index (χ1n) is 15.2. The summed E-state index contributed by atoms with van der Waals surface area (Å²) < 4.78 is 68.2. The summed E-state index contributed by atoms with van der Waals surface area (Å²) in [5, 5.41) is 21.9. The second-order valence-electron chi connectivity index (χ2n) is 12.1. The minimum absolute atomic E-state index is 0.0200. The number of nitrogens with zero attached hydrogens (tertiary/aromatic N) is 3. The number of carboxylic acid groups (broad SMARTS) is 1. The van der Waals surface area contributed by atoms with Crippen molar-refractivity contribution in [2.75, 3.05) is 57.2 Å². The van der Waals surface area contributed by atoms with E-state index in [2.05, 4.69) is 9.50 Å². The van der Waals surface area contributed by atoms with Crippen LogP contribution in [0.5, 0.6) is 11.5 Å². The minimum atomic E-state index is -3.75. The molecule has 3 aromatic rings. The molecular formula is C31H34F2N4O10S. The van der Waals surface area contributed by atoms with Crippen molar-refractivity contribution >= 4 is 38.7 Å². The molecule has 48 heavy (non-hydrogen) atoms. The highest BCUT2D eigenvalue weighted by Crippen LogP contribution is 2.43. The molecule has 2 aromatic carbocycles. The molecule has 0 aliphatic carbocycles. The SMILES string of the molecule is COS(=O)(=O)C[C@@H]1COc2c(F)ccc3c2N1C(=O)CC3.O=C(O)NC[C@H]1CN(C[C@@H]2COc3c(F)ccc4ccc(=O)n2c34)C[C@H]1O. The summed E-state index contributed by atoms with van der Waals surface area (Å²) in [5.74, 6) is -1.78. The van der Waals surface area contributed by atoms with Crippen LogP contribution in [0.1, 0.15) is 18.0 Å². The lowest BCUT2D eigenvalue weighted by Gasteiger charge is -2.40. The van der Waals surface area contributed by atoms with Crippen molar-refractivity contribution in [2.24, 2.45) is 5.92 Å². The molecule has 0 spiro atoms. The average molecular weight is 693 g/mol. The highest BCUT2D eigenvalue weighted by Gasteiger charge is 2.40. The Morgan fingerprint density at radius 1 is 1.00 bits per heavy atom. The number of carbonyl (C=O) groups excluding carboxylic acids is 1. The number of aliphatic hydroxyl groups excluding tert-OH is 1. The average Bonchev–Trinajstić information content (AvgIpc) is 3.41. The van der Waals surface area contributed by atoms with E-state index in [1.54, 1.807) is 22.8 Å². The Bertz CT molecular complexity index is 1920. The Hall–Kier alpha value is -4.32. The van der Waals surface area contributed by atoms with Crippen LogP contribution in [0, 0.1) is 17.6 Å². The standard InChI is InChI=1S/C18H20FN3O5.C13H14FNO5S/c19-13-3-1-10-2-4-15(24)22-12(9-27-17(13)16(10)22)7-21-6-11(14(23)8-21)5-20-18(25)26;1-19-21(17,18)7-9-6-20-13-10(14)4-2-8-3-5-11(16)15(9)12(8)13/h1-4,11-12,14,20,23H,5-9H2,(H,25,26);2,4,9H,3,5-7H2,1H3/t11-,12+,14+;9-/m00/s1. The zero-order chi connectivity index (χ0) is 34.3. The van der Waals surface area contributed by atoms with E-state index in [1.807, 2.05) is 4.90 Å². The van der Waals surface area contributed by atoms with E-state index in [9.17, 15) is 36.7 Å². The number of likely N-dealkylation sites (tertiary alicyclic amines) is 1. The van der Waals surface area contributed by atoms with Gasteiger partial charge in [0.05, 0.1) is 42.3 Å². The van der Waals surface area contributed by atoms with Gasteiger partial charge in [-0.05, 0) is 36.2 Å². The Morgan fingerprint density at radius 3 is 2.44 bits per heavy atom. The number of rotatable bonds is 7. The molecule has 5 heterocycles. The van der Waals surface area contributed by atoms with E-state index in [0.717, 1.165) is 18.1 Å². The third-order valence-electron chi connectivity index (χ3n) is 8.97. The normalized spacial score (nSPS) is 23.1. The molecule has 1 fully saturated rings. The van der Waals surface area contributed by atoms with Gasteiger partial charge in [-0.15, -0.1) is 0 Å². The number of benzene rings is 2. The number of ether oxygens (including phenoxy) is 2. The molecule has 1 saturated heterocycles. The number of amides is 2. The highest BCUT2D eigenvalue weighted by atomic mass is 32.2. The second-order valence-corrected chi connectivity index (χ2v) is 13.8. The van der Waals surface area contributed by atoms with Crippen LogP contribution in [0.2, 0.25) is 0 Å². The van der Waals surface area contributed by atoms with E-state index in [-0.39, 0.29) is 66.9 Å². The van der Waals surface area contributed by atoms with Crippen LogP contribution in [-0.4, -0.2) is 104 Å².